The normalized spacial score (nSPS) is 22.5. The number of benzene rings is 1. The van der Waals surface area contributed by atoms with Gasteiger partial charge in [-0.1, -0.05) is 6.07 Å². The zero-order chi connectivity index (χ0) is 17.9. The second-order valence-corrected chi connectivity index (χ2v) is 7.80. The first-order valence-corrected chi connectivity index (χ1v) is 9.88. The van der Waals surface area contributed by atoms with Gasteiger partial charge in [-0.05, 0) is 74.7 Å². The number of aromatic amines is 2. The summed E-state index contributed by atoms with van der Waals surface area (Å²) in [5.74, 6) is 1.80. The molecule has 1 atom stereocenters. The monoisotopic (exact) mass is 356 g/mol. The van der Waals surface area contributed by atoms with Crippen molar-refractivity contribution in [1.29, 1.82) is 0 Å². The van der Waals surface area contributed by atoms with Gasteiger partial charge in [0, 0.05) is 13.1 Å². The molecule has 0 spiro atoms. The third-order valence-corrected chi connectivity index (χ3v) is 6.12. The molecule has 3 N–H and O–H groups in total. The Hall–Kier alpha value is -2.08. The number of fused-ring (bicyclic) bond motifs is 1. The molecule has 1 amide bonds. The summed E-state index contributed by atoms with van der Waals surface area (Å²) < 4.78 is 0. The maximum atomic E-state index is 12.7. The first kappa shape index (κ1) is 17.3. The minimum absolute atomic E-state index is 0.197. The Kier molecular flexibility index (Phi) is 5.11. The van der Waals surface area contributed by atoms with Crippen LogP contribution in [0, 0.1) is 11.8 Å². The van der Waals surface area contributed by atoms with E-state index in [9.17, 15) is 9.59 Å². The predicted molar refractivity (Wildman–Crippen MR) is 102 cm³/mol. The molecule has 2 fully saturated rings. The van der Waals surface area contributed by atoms with Crippen molar-refractivity contribution in [3.8, 4) is 0 Å². The molecule has 2 aliphatic rings. The molecule has 26 heavy (non-hydrogen) atoms. The number of amides is 1. The van der Waals surface area contributed by atoms with Crippen LogP contribution in [-0.2, 0) is 11.2 Å². The number of nitrogens with one attached hydrogen (secondary N) is 3. The number of hydrogen-bond donors (Lipinski definition) is 3. The second-order valence-electron chi connectivity index (χ2n) is 7.80. The highest BCUT2D eigenvalue weighted by Crippen LogP contribution is 2.31. The van der Waals surface area contributed by atoms with Crippen molar-refractivity contribution in [1.82, 2.24) is 20.2 Å². The van der Waals surface area contributed by atoms with E-state index >= 15 is 0 Å². The number of H-pyrrole nitrogens is 2. The fourth-order valence-electron chi connectivity index (χ4n) is 4.61. The Balaban J connectivity index is 1.33. The Morgan fingerprint density at radius 1 is 1.00 bits per heavy atom. The number of hydrogen-bond acceptors (Lipinski definition) is 3. The summed E-state index contributed by atoms with van der Waals surface area (Å²) in [5, 5.41) is 3.50. The zero-order valence-corrected chi connectivity index (χ0v) is 15.2. The quantitative estimate of drug-likeness (QED) is 0.787. The third-order valence-electron chi connectivity index (χ3n) is 6.12. The van der Waals surface area contributed by atoms with Crippen LogP contribution in [0.1, 0.15) is 37.7 Å². The molecule has 0 bridgehead atoms. The number of likely N-dealkylation sites (tertiary alicyclic amines) is 1. The Bertz CT molecular complexity index is 809. The van der Waals surface area contributed by atoms with Crippen LogP contribution in [0.4, 0.5) is 0 Å². The van der Waals surface area contributed by atoms with Gasteiger partial charge in [-0.25, -0.2) is 4.79 Å². The number of nitrogens with zero attached hydrogens (tertiary/aromatic N) is 1. The maximum absolute atomic E-state index is 12.7. The lowest BCUT2D eigenvalue weighted by molar-refractivity contribution is -0.132. The zero-order valence-electron chi connectivity index (χ0n) is 15.2. The van der Waals surface area contributed by atoms with Crippen molar-refractivity contribution in [2.45, 2.75) is 38.5 Å². The average molecular weight is 356 g/mol. The molecule has 2 aromatic rings. The molecule has 0 saturated carbocycles. The summed E-state index contributed by atoms with van der Waals surface area (Å²) in [7, 11) is 0. The van der Waals surface area contributed by atoms with Gasteiger partial charge in [0.25, 0.3) is 0 Å². The first-order chi connectivity index (χ1) is 12.7. The fourth-order valence-corrected chi connectivity index (χ4v) is 4.61. The molecule has 1 aromatic carbocycles. The molecule has 6 heteroatoms. The SMILES string of the molecule is O=C(Cc1ccc2[nH]c(=O)[nH]c2c1)N1CCC(C2CCCNCC2)CC1. The minimum atomic E-state index is -0.209. The van der Waals surface area contributed by atoms with Gasteiger partial charge in [0.05, 0.1) is 17.5 Å². The third kappa shape index (κ3) is 3.85. The minimum Gasteiger partial charge on any atom is -0.342 e. The average Bonchev–Trinajstić information content (AvgIpc) is 2.84. The first-order valence-electron chi connectivity index (χ1n) is 9.88. The lowest BCUT2D eigenvalue weighted by Crippen LogP contribution is -2.41. The van der Waals surface area contributed by atoms with Crippen LogP contribution in [0.2, 0.25) is 0 Å². The number of imidazole rings is 1. The van der Waals surface area contributed by atoms with Crippen LogP contribution >= 0.6 is 0 Å². The number of carbonyl (C=O) groups excluding carboxylic acids is 1. The standard InChI is InChI=1S/C20H28N4O2/c25-19(13-14-3-4-17-18(12-14)23-20(26)22-17)24-10-6-16(7-11-24)15-2-1-8-21-9-5-15/h3-4,12,15-16,21H,1-2,5-11,13H2,(H2,22,23,26). The van der Waals surface area contributed by atoms with Gasteiger partial charge in [-0.15, -0.1) is 0 Å². The van der Waals surface area contributed by atoms with E-state index in [1.54, 1.807) is 0 Å². The van der Waals surface area contributed by atoms with Crippen LogP contribution in [0.3, 0.4) is 0 Å². The van der Waals surface area contributed by atoms with Gasteiger partial charge in [0.1, 0.15) is 0 Å². The van der Waals surface area contributed by atoms with E-state index in [1.807, 2.05) is 23.1 Å². The summed E-state index contributed by atoms with van der Waals surface area (Å²) >= 11 is 0. The second kappa shape index (κ2) is 7.66. The van der Waals surface area contributed by atoms with Crippen LogP contribution < -0.4 is 11.0 Å². The van der Waals surface area contributed by atoms with Crippen LogP contribution in [0.5, 0.6) is 0 Å². The lowest BCUT2D eigenvalue weighted by atomic mass is 9.80. The Morgan fingerprint density at radius 3 is 2.62 bits per heavy atom. The topological polar surface area (TPSA) is 81.0 Å². The Labute approximate surface area is 153 Å². The highest BCUT2D eigenvalue weighted by atomic mass is 16.2. The molecule has 1 unspecified atom stereocenters. The van der Waals surface area contributed by atoms with Gasteiger partial charge >= 0.3 is 5.69 Å². The molecular formula is C20H28N4O2. The van der Waals surface area contributed by atoms with Gasteiger partial charge in [0.15, 0.2) is 0 Å². The van der Waals surface area contributed by atoms with Crippen molar-refractivity contribution in [2.24, 2.45) is 11.8 Å². The van der Waals surface area contributed by atoms with E-state index in [2.05, 4.69) is 15.3 Å². The van der Waals surface area contributed by atoms with Gasteiger partial charge in [-0.3, -0.25) is 4.79 Å². The van der Waals surface area contributed by atoms with Crippen molar-refractivity contribution in [3.05, 3.63) is 34.2 Å². The van der Waals surface area contributed by atoms with Crippen molar-refractivity contribution >= 4 is 16.9 Å². The summed E-state index contributed by atoms with van der Waals surface area (Å²) in [4.78, 5) is 31.6. The van der Waals surface area contributed by atoms with Crippen molar-refractivity contribution in [2.75, 3.05) is 26.2 Å². The largest absolute Gasteiger partial charge is 0.342 e. The van der Waals surface area contributed by atoms with Crippen LogP contribution in [0.25, 0.3) is 11.0 Å². The molecule has 1 aromatic heterocycles. The molecule has 0 radical (unpaired) electrons. The molecule has 140 valence electrons. The number of piperidine rings is 1. The fraction of sp³-hybridized carbons (Fsp3) is 0.600. The van der Waals surface area contributed by atoms with E-state index in [-0.39, 0.29) is 11.6 Å². The highest BCUT2D eigenvalue weighted by Gasteiger charge is 2.28. The van der Waals surface area contributed by atoms with Crippen LogP contribution in [0.15, 0.2) is 23.0 Å². The number of carbonyl (C=O) groups is 1. The smallest absolute Gasteiger partial charge is 0.323 e. The molecule has 6 nitrogen and oxygen atoms in total. The molecule has 4 rings (SSSR count). The predicted octanol–water partition coefficient (Wildman–Crippen LogP) is 2.03. The van der Waals surface area contributed by atoms with Crippen LogP contribution in [-0.4, -0.2) is 47.0 Å². The lowest BCUT2D eigenvalue weighted by Gasteiger charge is -2.36. The summed E-state index contributed by atoms with van der Waals surface area (Å²) in [6.07, 6.45) is 6.59. The molecule has 0 aliphatic carbocycles. The summed E-state index contributed by atoms with van der Waals surface area (Å²) in [5.41, 5.74) is 2.29. The summed E-state index contributed by atoms with van der Waals surface area (Å²) in [6, 6.07) is 5.69. The summed E-state index contributed by atoms with van der Waals surface area (Å²) in [6.45, 7) is 4.07. The van der Waals surface area contributed by atoms with Gasteiger partial charge < -0.3 is 20.2 Å². The number of aromatic nitrogens is 2. The maximum Gasteiger partial charge on any atom is 0.323 e. The van der Waals surface area contributed by atoms with E-state index in [4.69, 9.17) is 0 Å². The molecule has 3 heterocycles. The van der Waals surface area contributed by atoms with E-state index in [0.29, 0.717) is 6.42 Å². The van der Waals surface area contributed by atoms with Crippen molar-refractivity contribution < 1.29 is 4.79 Å². The van der Waals surface area contributed by atoms with Crippen molar-refractivity contribution in [3.63, 3.8) is 0 Å². The highest BCUT2D eigenvalue weighted by molar-refractivity contribution is 5.81. The van der Waals surface area contributed by atoms with Gasteiger partial charge in [-0.2, -0.15) is 0 Å². The molecular weight excluding hydrogens is 328 g/mol. The molecule has 2 aliphatic heterocycles. The number of rotatable bonds is 3. The molecule has 2 saturated heterocycles. The van der Waals surface area contributed by atoms with Gasteiger partial charge in [0.2, 0.25) is 5.91 Å². The Morgan fingerprint density at radius 2 is 1.77 bits per heavy atom. The van der Waals surface area contributed by atoms with E-state index in [1.165, 1.54) is 19.3 Å². The van der Waals surface area contributed by atoms with E-state index < -0.39 is 0 Å². The van der Waals surface area contributed by atoms with E-state index in [0.717, 1.165) is 67.5 Å².